The van der Waals surface area contributed by atoms with Gasteiger partial charge in [0.1, 0.15) is 0 Å². The van der Waals surface area contributed by atoms with Crippen molar-refractivity contribution < 1.29 is 9.90 Å². The standard InChI is InChI=1S/C17H26ClNO2/c1-13(2)16(6-4-3-5-7-17(20)21)19-12-14-8-10-15(18)11-9-14/h8-11,13,16,19H,3-7,12H2,1-2H3,(H,20,21). The number of carboxylic acid groups (broad SMARTS) is 1. The van der Waals surface area contributed by atoms with E-state index in [9.17, 15) is 4.79 Å². The van der Waals surface area contributed by atoms with Gasteiger partial charge in [0.05, 0.1) is 0 Å². The van der Waals surface area contributed by atoms with Crippen LogP contribution in [0.4, 0.5) is 0 Å². The molecule has 1 atom stereocenters. The van der Waals surface area contributed by atoms with E-state index in [0.717, 1.165) is 37.3 Å². The molecule has 1 aromatic carbocycles. The number of aliphatic carboxylic acids is 1. The second-order valence-electron chi connectivity index (χ2n) is 5.85. The molecule has 0 fully saturated rings. The first-order chi connectivity index (χ1) is 9.99. The summed E-state index contributed by atoms with van der Waals surface area (Å²) < 4.78 is 0. The summed E-state index contributed by atoms with van der Waals surface area (Å²) in [6.07, 6.45) is 4.20. The van der Waals surface area contributed by atoms with Crippen molar-refractivity contribution in [2.45, 2.75) is 58.5 Å². The highest BCUT2D eigenvalue weighted by molar-refractivity contribution is 6.30. The number of halogens is 1. The summed E-state index contributed by atoms with van der Waals surface area (Å²) >= 11 is 5.88. The van der Waals surface area contributed by atoms with E-state index in [-0.39, 0.29) is 6.42 Å². The number of carboxylic acids is 1. The first kappa shape index (κ1) is 18.0. The van der Waals surface area contributed by atoms with Gasteiger partial charge in [0.25, 0.3) is 0 Å². The SMILES string of the molecule is CC(C)C(CCCCCC(=O)O)NCc1ccc(Cl)cc1. The van der Waals surface area contributed by atoms with Crippen molar-refractivity contribution >= 4 is 17.6 Å². The minimum absolute atomic E-state index is 0.282. The molecule has 1 rings (SSSR count). The number of rotatable bonds is 10. The normalized spacial score (nSPS) is 12.6. The van der Waals surface area contributed by atoms with Crippen LogP contribution in [-0.2, 0) is 11.3 Å². The zero-order valence-corrected chi connectivity index (χ0v) is 13.7. The first-order valence-corrected chi connectivity index (χ1v) is 8.06. The Morgan fingerprint density at radius 3 is 2.43 bits per heavy atom. The summed E-state index contributed by atoms with van der Waals surface area (Å²) in [5, 5.41) is 13.0. The lowest BCUT2D eigenvalue weighted by atomic mass is 9.97. The zero-order valence-electron chi connectivity index (χ0n) is 12.9. The Morgan fingerprint density at radius 1 is 1.19 bits per heavy atom. The molecule has 0 aromatic heterocycles. The predicted octanol–water partition coefficient (Wildman–Crippen LogP) is 4.49. The predicted molar refractivity (Wildman–Crippen MR) is 87.6 cm³/mol. The Kier molecular flexibility index (Phi) is 8.40. The van der Waals surface area contributed by atoms with E-state index >= 15 is 0 Å². The van der Waals surface area contributed by atoms with E-state index in [1.807, 2.05) is 24.3 Å². The fraction of sp³-hybridized carbons (Fsp3) is 0.588. The van der Waals surface area contributed by atoms with Gasteiger partial charge in [-0.05, 0) is 36.5 Å². The van der Waals surface area contributed by atoms with Crippen molar-refractivity contribution in [1.82, 2.24) is 5.32 Å². The summed E-state index contributed by atoms with van der Waals surface area (Å²) in [6, 6.07) is 8.37. The smallest absolute Gasteiger partial charge is 0.303 e. The monoisotopic (exact) mass is 311 g/mol. The molecule has 0 heterocycles. The molecule has 2 N–H and O–H groups in total. The fourth-order valence-corrected chi connectivity index (χ4v) is 2.47. The molecule has 0 radical (unpaired) electrons. The van der Waals surface area contributed by atoms with Gasteiger partial charge in [0.2, 0.25) is 0 Å². The highest BCUT2D eigenvalue weighted by Crippen LogP contribution is 2.14. The summed E-state index contributed by atoms with van der Waals surface area (Å²) in [6.45, 7) is 5.28. The van der Waals surface area contributed by atoms with Crippen LogP contribution in [0.1, 0.15) is 51.5 Å². The van der Waals surface area contributed by atoms with E-state index in [0.29, 0.717) is 12.0 Å². The van der Waals surface area contributed by atoms with Gasteiger partial charge in [-0.1, -0.05) is 50.4 Å². The number of nitrogens with one attached hydrogen (secondary N) is 1. The van der Waals surface area contributed by atoms with Gasteiger partial charge in [0, 0.05) is 24.0 Å². The molecule has 0 aliphatic heterocycles. The van der Waals surface area contributed by atoms with Crippen molar-refractivity contribution in [3.05, 3.63) is 34.9 Å². The van der Waals surface area contributed by atoms with Gasteiger partial charge >= 0.3 is 5.97 Å². The van der Waals surface area contributed by atoms with Gasteiger partial charge in [-0.3, -0.25) is 4.79 Å². The van der Waals surface area contributed by atoms with E-state index in [4.69, 9.17) is 16.7 Å². The second-order valence-corrected chi connectivity index (χ2v) is 6.29. The van der Waals surface area contributed by atoms with Crippen LogP contribution in [0.2, 0.25) is 5.02 Å². The lowest BCUT2D eigenvalue weighted by Crippen LogP contribution is -2.33. The van der Waals surface area contributed by atoms with Gasteiger partial charge in [-0.25, -0.2) is 0 Å². The maximum atomic E-state index is 10.5. The van der Waals surface area contributed by atoms with Crippen LogP contribution in [0, 0.1) is 5.92 Å². The van der Waals surface area contributed by atoms with Gasteiger partial charge < -0.3 is 10.4 Å². The third kappa shape index (κ3) is 8.08. The molecule has 0 amide bonds. The molecule has 0 saturated heterocycles. The molecule has 118 valence electrons. The van der Waals surface area contributed by atoms with E-state index in [2.05, 4.69) is 19.2 Å². The minimum Gasteiger partial charge on any atom is -0.481 e. The molecule has 1 aromatic rings. The van der Waals surface area contributed by atoms with Gasteiger partial charge in [0.15, 0.2) is 0 Å². The summed E-state index contributed by atoms with van der Waals surface area (Å²) in [5.74, 6) is -0.131. The Morgan fingerprint density at radius 2 is 1.86 bits per heavy atom. The van der Waals surface area contributed by atoms with Crippen LogP contribution in [-0.4, -0.2) is 17.1 Å². The largest absolute Gasteiger partial charge is 0.481 e. The maximum Gasteiger partial charge on any atom is 0.303 e. The molecule has 3 nitrogen and oxygen atoms in total. The molecular formula is C17H26ClNO2. The average molecular weight is 312 g/mol. The molecule has 21 heavy (non-hydrogen) atoms. The Balaban J connectivity index is 2.29. The maximum absolute atomic E-state index is 10.5. The third-order valence-corrected chi connectivity index (χ3v) is 3.94. The van der Waals surface area contributed by atoms with Crippen LogP contribution in [0.15, 0.2) is 24.3 Å². The average Bonchev–Trinajstić information content (AvgIpc) is 2.43. The molecule has 0 aliphatic rings. The number of hydrogen-bond donors (Lipinski definition) is 2. The quantitative estimate of drug-likeness (QED) is 0.626. The number of benzene rings is 1. The molecule has 0 spiro atoms. The topological polar surface area (TPSA) is 49.3 Å². The van der Waals surface area contributed by atoms with Crippen molar-refractivity contribution in [2.24, 2.45) is 5.92 Å². The Labute approximate surface area is 132 Å². The van der Waals surface area contributed by atoms with Gasteiger partial charge in [-0.15, -0.1) is 0 Å². The number of hydrogen-bond acceptors (Lipinski definition) is 2. The summed E-state index contributed by atoms with van der Waals surface area (Å²) in [7, 11) is 0. The van der Waals surface area contributed by atoms with Crippen molar-refractivity contribution in [1.29, 1.82) is 0 Å². The Hall–Kier alpha value is -1.06. The van der Waals surface area contributed by atoms with E-state index in [1.165, 1.54) is 5.56 Å². The first-order valence-electron chi connectivity index (χ1n) is 7.68. The lowest BCUT2D eigenvalue weighted by Gasteiger charge is -2.22. The summed E-state index contributed by atoms with van der Waals surface area (Å²) in [4.78, 5) is 10.5. The highest BCUT2D eigenvalue weighted by atomic mass is 35.5. The minimum atomic E-state index is -0.698. The summed E-state index contributed by atoms with van der Waals surface area (Å²) in [5.41, 5.74) is 1.23. The third-order valence-electron chi connectivity index (χ3n) is 3.69. The van der Waals surface area contributed by atoms with Crippen molar-refractivity contribution in [2.75, 3.05) is 0 Å². The van der Waals surface area contributed by atoms with Crippen LogP contribution in [0.3, 0.4) is 0 Å². The van der Waals surface area contributed by atoms with E-state index in [1.54, 1.807) is 0 Å². The van der Waals surface area contributed by atoms with Crippen LogP contribution < -0.4 is 5.32 Å². The number of unbranched alkanes of at least 4 members (excludes halogenated alkanes) is 2. The second kappa shape index (κ2) is 9.80. The molecule has 1 unspecified atom stereocenters. The van der Waals surface area contributed by atoms with Crippen molar-refractivity contribution in [3.63, 3.8) is 0 Å². The van der Waals surface area contributed by atoms with Crippen LogP contribution in [0.5, 0.6) is 0 Å². The van der Waals surface area contributed by atoms with Crippen LogP contribution in [0.25, 0.3) is 0 Å². The molecule has 0 bridgehead atoms. The molecule has 0 saturated carbocycles. The van der Waals surface area contributed by atoms with Gasteiger partial charge in [-0.2, -0.15) is 0 Å². The molecule has 0 aliphatic carbocycles. The molecular weight excluding hydrogens is 286 g/mol. The number of carbonyl (C=O) groups is 1. The van der Waals surface area contributed by atoms with E-state index < -0.39 is 5.97 Å². The van der Waals surface area contributed by atoms with Crippen LogP contribution >= 0.6 is 11.6 Å². The lowest BCUT2D eigenvalue weighted by molar-refractivity contribution is -0.137. The fourth-order valence-electron chi connectivity index (χ4n) is 2.34. The van der Waals surface area contributed by atoms with Crippen molar-refractivity contribution in [3.8, 4) is 0 Å². The zero-order chi connectivity index (χ0) is 15.7. The molecule has 4 heteroatoms. The highest BCUT2D eigenvalue weighted by Gasteiger charge is 2.12. The Bertz CT molecular complexity index is 417.